The standard InChI is InChI=1S/C16H24N2O/c1-12(11-17)18-9-8-13-10-14(16(2,3)4)6-7-15(13)19-5/h6-7,10,12,18H,8-9H2,1-5H3. The van der Waals surface area contributed by atoms with E-state index in [0.717, 1.165) is 18.7 Å². The van der Waals surface area contributed by atoms with Crippen molar-refractivity contribution in [3.05, 3.63) is 29.3 Å². The molecule has 0 aliphatic rings. The van der Waals surface area contributed by atoms with E-state index in [-0.39, 0.29) is 11.5 Å². The van der Waals surface area contributed by atoms with Crippen LogP contribution in [0, 0.1) is 11.3 Å². The zero-order valence-electron chi connectivity index (χ0n) is 12.6. The molecule has 1 atom stereocenters. The number of hydrogen-bond donors (Lipinski definition) is 1. The predicted octanol–water partition coefficient (Wildman–Crippen LogP) is 3.04. The summed E-state index contributed by atoms with van der Waals surface area (Å²) < 4.78 is 5.40. The molecule has 1 aromatic rings. The molecule has 1 rings (SSSR count). The SMILES string of the molecule is COc1ccc(C(C)(C)C)cc1CCNC(C)C#N. The van der Waals surface area contributed by atoms with E-state index < -0.39 is 0 Å². The summed E-state index contributed by atoms with van der Waals surface area (Å²) in [5.41, 5.74) is 2.62. The second kappa shape index (κ2) is 6.58. The van der Waals surface area contributed by atoms with E-state index in [1.54, 1.807) is 7.11 Å². The van der Waals surface area contributed by atoms with Gasteiger partial charge in [0.15, 0.2) is 0 Å². The van der Waals surface area contributed by atoms with E-state index in [1.165, 1.54) is 11.1 Å². The lowest BCUT2D eigenvalue weighted by molar-refractivity contribution is 0.408. The smallest absolute Gasteiger partial charge is 0.122 e. The molecule has 1 unspecified atom stereocenters. The first kappa shape index (κ1) is 15.5. The van der Waals surface area contributed by atoms with Gasteiger partial charge in [0.25, 0.3) is 0 Å². The van der Waals surface area contributed by atoms with Crippen LogP contribution in [-0.2, 0) is 11.8 Å². The van der Waals surface area contributed by atoms with Gasteiger partial charge in [0.1, 0.15) is 5.75 Å². The molecule has 0 saturated carbocycles. The molecule has 0 aromatic heterocycles. The average molecular weight is 260 g/mol. The topological polar surface area (TPSA) is 45.0 Å². The first-order chi connectivity index (χ1) is 8.88. The van der Waals surface area contributed by atoms with Gasteiger partial charge in [0.05, 0.1) is 19.2 Å². The van der Waals surface area contributed by atoms with Gasteiger partial charge in [-0.25, -0.2) is 0 Å². The maximum atomic E-state index is 8.75. The quantitative estimate of drug-likeness (QED) is 0.885. The maximum Gasteiger partial charge on any atom is 0.122 e. The van der Waals surface area contributed by atoms with Crippen molar-refractivity contribution >= 4 is 0 Å². The van der Waals surface area contributed by atoms with Crippen molar-refractivity contribution in [2.75, 3.05) is 13.7 Å². The lowest BCUT2D eigenvalue weighted by atomic mass is 9.85. The number of benzene rings is 1. The molecule has 0 bridgehead atoms. The van der Waals surface area contributed by atoms with Crippen LogP contribution in [0.5, 0.6) is 5.75 Å². The van der Waals surface area contributed by atoms with Crippen LogP contribution in [0.4, 0.5) is 0 Å². The van der Waals surface area contributed by atoms with Crippen LogP contribution in [-0.4, -0.2) is 19.7 Å². The zero-order chi connectivity index (χ0) is 14.5. The largest absolute Gasteiger partial charge is 0.496 e. The van der Waals surface area contributed by atoms with Crippen LogP contribution in [0.25, 0.3) is 0 Å². The molecule has 1 aromatic carbocycles. The molecule has 0 radical (unpaired) electrons. The molecule has 0 aliphatic heterocycles. The van der Waals surface area contributed by atoms with Crippen molar-refractivity contribution in [2.45, 2.75) is 45.6 Å². The van der Waals surface area contributed by atoms with Crippen molar-refractivity contribution in [1.29, 1.82) is 5.26 Å². The monoisotopic (exact) mass is 260 g/mol. The van der Waals surface area contributed by atoms with Gasteiger partial charge >= 0.3 is 0 Å². The molecule has 0 aliphatic carbocycles. The van der Waals surface area contributed by atoms with Gasteiger partial charge in [0, 0.05) is 6.54 Å². The zero-order valence-corrected chi connectivity index (χ0v) is 12.6. The molecule has 0 spiro atoms. The average Bonchev–Trinajstić information content (AvgIpc) is 2.37. The minimum absolute atomic E-state index is 0.114. The predicted molar refractivity (Wildman–Crippen MR) is 78.5 cm³/mol. The summed E-state index contributed by atoms with van der Waals surface area (Å²) in [7, 11) is 1.70. The molecule has 0 heterocycles. The molecule has 19 heavy (non-hydrogen) atoms. The first-order valence-corrected chi connectivity index (χ1v) is 6.69. The van der Waals surface area contributed by atoms with E-state index in [1.807, 2.05) is 13.0 Å². The fourth-order valence-electron chi connectivity index (χ4n) is 1.91. The molecule has 0 fully saturated rings. The van der Waals surface area contributed by atoms with Crippen molar-refractivity contribution < 1.29 is 4.74 Å². The fraction of sp³-hybridized carbons (Fsp3) is 0.562. The summed E-state index contributed by atoms with van der Waals surface area (Å²) in [6.07, 6.45) is 0.860. The second-order valence-electron chi connectivity index (χ2n) is 5.83. The highest BCUT2D eigenvalue weighted by Gasteiger charge is 2.15. The highest BCUT2D eigenvalue weighted by Crippen LogP contribution is 2.28. The number of nitrogens with zero attached hydrogens (tertiary/aromatic N) is 1. The van der Waals surface area contributed by atoms with Gasteiger partial charge in [-0.2, -0.15) is 5.26 Å². The summed E-state index contributed by atoms with van der Waals surface area (Å²) >= 11 is 0. The van der Waals surface area contributed by atoms with E-state index in [2.05, 4.69) is 44.3 Å². The van der Waals surface area contributed by atoms with Gasteiger partial charge in [-0.15, -0.1) is 0 Å². The minimum atomic E-state index is -0.114. The normalized spacial score (nSPS) is 12.8. The Kier molecular flexibility index (Phi) is 5.38. The third-order valence-electron chi connectivity index (χ3n) is 3.18. The molecular weight excluding hydrogens is 236 g/mol. The number of hydrogen-bond acceptors (Lipinski definition) is 3. The van der Waals surface area contributed by atoms with Crippen molar-refractivity contribution in [3.8, 4) is 11.8 Å². The van der Waals surface area contributed by atoms with Crippen molar-refractivity contribution in [1.82, 2.24) is 5.32 Å². The lowest BCUT2D eigenvalue weighted by Gasteiger charge is -2.21. The number of ether oxygens (including phenoxy) is 1. The third-order valence-corrected chi connectivity index (χ3v) is 3.18. The maximum absolute atomic E-state index is 8.75. The van der Waals surface area contributed by atoms with Gasteiger partial charge in [0.2, 0.25) is 0 Å². The summed E-state index contributed by atoms with van der Waals surface area (Å²) in [5.74, 6) is 0.916. The van der Waals surface area contributed by atoms with Crippen LogP contribution in [0.1, 0.15) is 38.8 Å². The Balaban J connectivity index is 2.82. The Morgan fingerprint density at radius 2 is 2.05 bits per heavy atom. The summed E-state index contributed by atoms with van der Waals surface area (Å²) in [5, 5.41) is 11.9. The molecular formula is C16H24N2O. The molecule has 1 N–H and O–H groups in total. The van der Waals surface area contributed by atoms with Crippen LogP contribution < -0.4 is 10.1 Å². The Hall–Kier alpha value is -1.53. The van der Waals surface area contributed by atoms with Crippen molar-refractivity contribution in [2.24, 2.45) is 0 Å². The molecule has 0 saturated heterocycles. The Labute approximate surface area is 116 Å². The molecule has 3 nitrogen and oxygen atoms in total. The van der Waals surface area contributed by atoms with E-state index >= 15 is 0 Å². The van der Waals surface area contributed by atoms with Crippen LogP contribution in [0.15, 0.2) is 18.2 Å². The third kappa shape index (κ3) is 4.57. The van der Waals surface area contributed by atoms with E-state index in [9.17, 15) is 0 Å². The lowest BCUT2D eigenvalue weighted by Crippen LogP contribution is -2.26. The highest BCUT2D eigenvalue weighted by atomic mass is 16.5. The second-order valence-corrected chi connectivity index (χ2v) is 5.83. The van der Waals surface area contributed by atoms with Crippen LogP contribution in [0.2, 0.25) is 0 Å². The molecule has 0 amide bonds. The van der Waals surface area contributed by atoms with Gasteiger partial charge in [-0.1, -0.05) is 32.9 Å². The number of nitrogens with one attached hydrogen (secondary N) is 1. The fourth-order valence-corrected chi connectivity index (χ4v) is 1.91. The molecule has 104 valence electrons. The molecule has 3 heteroatoms. The van der Waals surface area contributed by atoms with E-state index in [4.69, 9.17) is 10.00 Å². The number of methoxy groups -OCH3 is 1. The number of rotatable bonds is 5. The summed E-state index contributed by atoms with van der Waals surface area (Å²) in [6.45, 7) is 9.25. The first-order valence-electron chi connectivity index (χ1n) is 6.69. The van der Waals surface area contributed by atoms with E-state index in [0.29, 0.717) is 0 Å². The number of nitriles is 1. The van der Waals surface area contributed by atoms with Crippen LogP contribution in [0.3, 0.4) is 0 Å². The van der Waals surface area contributed by atoms with Crippen LogP contribution >= 0.6 is 0 Å². The van der Waals surface area contributed by atoms with Gasteiger partial charge < -0.3 is 10.1 Å². The Morgan fingerprint density at radius 1 is 1.37 bits per heavy atom. The summed E-state index contributed by atoms with van der Waals surface area (Å²) in [4.78, 5) is 0. The highest BCUT2D eigenvalue weighted by molar-refractivity contribution is 5.39. The van der Waals surface area contributed by atoms with Crippen molar-refractivity contribution in [3.63, 3.8) is 0 Å². The Morgan fingerprint density at radius 3 is 2.58 bits per heavy atom. The summed E-state index contributed by atoms with van der Waals surface area (Å²) in [6, 6.07) is 8.41. The van der Waals surface area contributed by atoms with Gasteiger partial charge in [-0.05, 0) is 36.0 Å². The van der Waals surface area contributed by atoms with Gasteiger partial charge in [-0.3, -0.25) is 0 Å². The minimum Gasteiger partial charge on any atom is -0.496 e. The Bertz CT molecular complexity index is 455.